The molecular formula is C37H45F4N5O4. The van der Waals surface area contributed by atoms with E-state index in [0.29, 0.717) is 43.5 Å². The lowest BCUT2D eigenvalue weighted by molar-refractivity contribution is -0.146. The Kier molecular flexibility index (Phi) is 8.86. The molecule has 9 nitrogen and oxygen atoms in total. The molecule has 3 saturated carbocycles. The molecule has 3 heterocycles. The van der Waals surface area contributed by atoms with Crippen molar-refractivity contribution in [1.82, 2.24) is 20.2 Å². The first-order chi connectivity index (χ1) is 23.7. The number of carbonyl (C=O) groups excluding carboxylic acids is 2. The van der Waals surface area contributed by atoms with E-state index in [4.69, 9.17) is 0 Å². The van der Waals surface area contributed by atoms with Crippen LogP contribution in [0.1, 0.15) is 116 Å². The standard InChI is InChI=1S/C37H45F4N5O4/c1-21-14-22-16-25(15-21)37(18-22,33(49)50)44-31(47)26-19-42-34(43-29(26)35(2,40)41)46-20-36(10-4-3-5-11-36)27-17-24(6-7-28(27)46)32(48)45-12-8-23(9-13-45)30(38)39/h6-7,17,19,21-23,25,30H,3-5,8-16,18,20H2,1-2H3,(H,44,47)(H,49,50). The quantitative estimate of drug-likeness (QED) is 0.297. The Morgan fingerprint density at radius 1 is 1.06 bits per heavy atom. The molecule has 2 bridgehead atoms. The van der Waals surface area contributed by atoms with Crippen molar-refractivity contribution in [3.05, 3.63) is 46.8 Å². The van der Waals surface area contributed by atoms with Crippen LogP contribution in [0.4, 0.5) is 29.2 Å². The van der Waals surface area contributed by atoms with Crippen LogP contribution in [0.3, 0.4) is 0 Å². The lowest BCUT2D eigenvalue weighted by Crippen LogP contribution is -2.57. The third-order valence-corrected chi connectivity index (χ3v) is 12.3. The zero-order valence-corrected chi connectivity index (χ0v) is 28.6. The minimum atomic E-state index is -3.54. The van der Waals surface area contributed by atoms with Crippen molar-refractivity contribution < 1.29 is 37.1 Å². The molecule has 270 valence electrons. The van der Waals surface area contributed by atoms with Gasteiger partial charge in [-0.25, -0.2) is 23.5 Å². The number of likely N-dealkylation sites (tertiary alicyclic amines) is 1. The van der Waals surface area contributed by atoms with Gasteiger partial charge < -0.3 is 20.2 Å². The lowest BCUT2D eigenvalue weighted by atomic mass is 9.70. The van der Waals surface area contributed by atoms with Crippen molar-refractivity contribution >= 4 is 29.4 Å². The van der Waals surface area contributed by atoms with Gasteiger partial charge in [0.25, 0.3) is 17.7 Å². The van der Waals surface area contributed by atoms with Gasteiger partial charge in [0, 0.05) is 55.3 Å². The Balaban J connectivity index is 1.20. The number of aliphatic carboxylic acids is 1. The number of alkyl halides is 4. The number of hydrogen-bond donors (Lipinski definition) is 2. The first-order valence-corrected chi connectivity index (χ1v) is 18.0. The average molecular weight is 700 g/mol. The number of carbonyl (C=O) groups is 3. The number of rotatable bonds is 7. The van der Waals surface area contributed by atoms with Gasteiger partial charge in [0.05, 0.1) is 5.56 Å². The molecule has 2 aromatic rings. The zero-order chi connectivity index (χ0) is 35.6. The first-order valence-electron chi connectivity index (χ1n) is 18.0. The Morgan fingerprint density at radius 3 is 2.44 bits per heavy atom. The van der Waals surface area contributed by atoms with E-state index in [1.807, 2.05) is 6.07 Å². The average Bonchev–Trinajstić information content (AvgIpc) is 3.53. The van der Waals surface area contributed by atoms with Gasteiger partial charge in [-0.15, -0.1) is 0 Å². The number of carboxylic acid groups (broad SMARTS) is 1. The summed E-state index contributed by atoms with van der Waals surface area (Å²) in [4.78, 5) is 52.1. The zero-order valence-electron chi connectivity index (χ0n) is 28.6. The second-order valence-electron chi connectivity index (χ2n) is 15.8. The van der Waals surface area contributed by atoms with E-state index < -0.39 is 46.9 Å². The Labute approximate surface area is 289 Å². The Bertz CT molecular complexity index is 1670. The third-order valence-electron chi connectivity index (χ3n) is 12.3. The van der Waals surface area contributed by atoms with Gasteiger partial charge in [0.2, 0.25) is 12.4 Å². The predicted molar refractivity (Wildman–Crippen MR) is 177 cm³/mol. The molecule has 1 spiro atoms. The maximum atomic E-state index is 15.3. The normalized spacial score (nSPS) is 27.9. The summed E-state index contributed by atoms with van der Waals surface area (Å²) in [5.74, 6) is -6.40. The van der Waals surface area contributed by atoms with E-state index in [0.717, 1.165) is 50.3 Å². The molecule has 1 aromatic carbocycles. The number of carboxylic acids is 1. The number of aromatic nitrogens is 2. The maximum Gasteiger partial charge on any atom is 0.329 e. The summed E-state index contributed by atoms with van der Waals surface area (Å²) in [5, 5.41) is 13.0. The number of amides is 2. The maximum absolute atomic E-state index is 15.3. The number of hydrogen-bond acceptors (Lipinski definition) is 6. The molecule has 3 aliphatic carbocycles. The van der Waals surface area contributed by atoms with Crippen LogP contribution in [0.5, 0.6) is 0 Å². The number of piperidine rings is 1. The molecule has 2 N–H and O–H groups in total. The minimum Gasteiger partial charge on any atom is -0.479 e. The molecule has 4 atom stereocenters. The van der Waals surface area contributed by atoms with E-state index in [1.54, 1.807) is 21.9 Å². The summed E-state index contributed by atoms with van der Waals surface area (Å²) in [6, 6.07) is 5.32. The van der Waals surface area contributed by atoms with E-state index in [1.165, 1.54) is 0 Å². The third kappa shape index (κ3) is 6.01. The fourth-order valence-corrected chi connectivity index (χ4v) is 9.85. The predicted octanol–water partition coefficient (Wildman–Crippen LogP) is 7.07. The summed E-state index contributed by atoms with van der Waals surface area (Å²) in [7, 11) is 0. The van der Waals surface area contributed by atoms with Crippen LogP contribution in [-0.2, 0) is 16.1 Å². The van der Waals surface area contributed by atoms with E-state index >= 15 is 8.78 Å². The number of nitrogens with one attached hydrogen (secondary N) is 1. The largest absolute Gasteiger partial charge is 0.479 e. The van der Waals surface area contributed by atoms with Crippen LogP contribution >= 0.6 is 0 Å². The van der Waals surface area contributed by atoms with Gasteiger partial charge in [-0.05, 0) is 92.9 Å². The molecule has 0 radical (unpaired) electrons. The van der Waals surface area contributed by atoms with E-state index in [9.17, 15) is 28.3 Å². The molecule has 7 rings (SSSR count). The number of benzene rings is 1. The number of anilines is 2. The second-order valence-corrected chi connectivity index (χ2v) is 15.8. The van der Waals surface area contributed by atoms with Crippen LogP contribution in [0.25, 0.3) is 0 Å². The van der Waals surface area contributed by atoms with Gasteiger partial charge >= 0.3 is 5.97 Å². The van der Waals surface area contributed by atoms with Crippen LogP contribution in [-0.4, -0.2) is 69.4 Å². The fourth-order valence-electron chi connectivity index (χ4n) is 9.85. The van der Waals surface area contributed by atoms with Gasteiger partial charge in [-0.2, -0.15) is 8.78 Å². The molecule has 50 heavy (non-hydrogen) atoms. The molecule has 1 saturated heterocycles. The van der Waals surface area contributed by atoms with Crippen molar-refractivity contribution in [2.45, 2.75) is 108 Å². The second kappa shape index (κ2) is 12.8. The smallest absolute Gasteiger partial charge is 0.329 e. The summed E-state index contributed by atoms with van der Waals surface area (Å²) in [5.41, 5.74) is -1.09. The highest BCUT2D eigenvalue weighted by molar-refractivity contribution is 5.99. The van der Waals surface area contributed by atoms with Crippen molar-refractivity contribution in [2.75, 3.05) is 24.5 Å². The van der Waals surface area contributed by atoms with Gasteiger partial charge in [0.15, 0.2) is 0 Å². The molecule has 2 amide bonds. The van der Waals surface area contributed by atoms with Crippen molar-refractivity contribution in [3.63, 3.8) is 0 Å². The van der Waals surface area contributed by atoms with Gasteiger partial charge in [0.1, 0.15) is 11.2 Å². The lowest BCUT2D eigenvalue weighted by Gasteiger charge is -2.35. The molecule has 1 aromatic heterocycles. The number of fused-ring (bicyclic) bond motifs is 4. The van der Waals surface area contributed by atoms with Gasteiger partial charge in [-0.1, -0.05) is 26.2 Å². The molecule has 2 aliphatic heterocycles. The summed E-state index contributed by atoms with van der Waals surface area (Å²) in [6.45, 7) is 3.66. The summed E-state index contributed by atoms with van der Waals surface area (Å²) < 4.78 is 57.1. The number of halogens is 4. The summed E-state index contributed by atoms with van der Waals surface area (Å²) in [6.07, 6.45) is 6.21. The Morgan fingerprint density at radius 2 is 1.78 bits per heavy atom. The van der Waals surface area contributed by atoms with Crippen LogP contribution in [0, 0.1) is 23.7 Å². The van der Waals surface area contributed by atoms with Gasteiger partial charge in [-0.3, -0.25) is 9.59 Å². The monoisotopic (exact) mass is 699 g/mol. The van der Waals surface area contributed by atoms with Crippen molar-refractivity contribution in [3.8, 4) is 0 Å². The SMILES string of the molecule is CC1CC2CC(C1)C(NC(=O)c1cnc(N3CC4(CCCCC4)c4cc(C(=O)N5CCC(C(F)F)CC5)ccc43)nc1C(C)(F)F)(C(=O)O)C2. The molecule has 5 aliphatic rings. The minimum absolute atomic E-state index is 0.00610. The van der Waals surface area contributed by atoms with Crippen LogP contribution < -0.4 is 10.2 Å². The Hall–Kier alpha value is -3.77. The van der Waals surface area contributed by atoms with Crippen LogP contribution in [0.15, 0.2) is 24.4 Å². The molecule has 4 fully saturated rings. The van der Waals surface area contributed by atoms with Crippen LogP contribution in [0.2, 0.25) is 0 Å². The first kappa shape index (κ1) is 34.7. The molecular weight excluding hydrogens is 654 g/mol. The topological polar surface area (TPSA) is 116 Å². The molecule has 4 unspecified atom stereocenters. The highest BCUT2D eigenvalue weighted by atomic mass is 19.3. The van der Waals surface area contributed by atoms with E-state index in [2.05, 4.69) is 22.2 Å². The number of nitrogens with zero attached hydrogens (tertiary/aromatic N) is 4. The summed E-state index contributed by atoms with van der Waals surface area (Å²) >= 11 is 0. The fraction of sp³-hybridized carbons (Fsp3) is 0.649. The van der Waals surface area contributed by atoms with Crippen molar-refractivity contribution in [1.29, 1.82) is 0 Å². The van der Waals surface area contributed by atoms with Crippen molar-refractivity contribution in [2.24, 2.45) is 23.7 Å². The highest BCUT2D eigenvalue weighted by Gasteiger charge is 2.56. The molecule has 13 heteroatoms. The van der Waals surface area contributed by atoms with E-state index in [-0.39, 0.29) is 61.5 Å². The highest BCUT2D eigenvalue weighted by Crippen LogP contribution is 2.52.